The summed E-state index contributed by atoms with van der Waals surface area (Å²) in [4.78, 5) is 19.0. The Morgan fingerprint density at radius 3 is 2.96 bits per heavy atom. The van der Waals surface area contributed by atoms with E-state index in [1.165, 1.54) is 12.8 Å². The van der Waals surface area contributed by atoms with Crippen LogP contribution in [0.3, 0.4) is 0 Å². The van der Waals surface area contributed by atoms with Gasteiger partial charge in [0.25, 0.3) is 0 Å². The summed E-state index contributed by atoms with van der Waals surface area (Å²) in [5, 5.41) is 8.49. The lowest BCUT2D eigenvalue weighted by atomic mass is 10.00. The Morgan fingerprint density at radius 1 is 1.25 bits per heavy atom. The van der Waals surface area contributed by atoms with Crippen LogP contribution in [0.1, 0.15) is 49.5 Å². The van der Waals surface area contributed by atoms with E-state index >= 15 is 0 Å². The van der Waals surface area contributed by atoms with E-state index in [1.807, 2.05) is 23.4 Å². The zero-order valence-corrected chi connectivity index (χ0v) is 13.8. The molecule has 2 aromatic heterocycles. The highest BCUT2D eigenvalue weighted by Gasteiger charge is 2.32. The standard InChI is InChI=1S/C18H23N5O/c24-17(10-15-4-3-8-19-11-15)23-9-2-1-5-16(23)18-21-20-13-22(18)12-14-6-7-14/h3-4,8,11,13-14,16H,1-2,5-7,9-10,12H2/t16-/m0/s1. The van der Waals surface area contributed by atoms with Crippen LogP contribution in [0.4, 0.5) is 0 Å². The van der Waals surface area contributed by atoms with Crippen molar-refractivity contribution in [2.45, 2.75) is 51.1 Å². The van der Waals surface area contributed by atoms with Crippen LogP contribution in [0.2, 0.25) is 0 Å². The molecule has 0 N–H and O–H groups in total. The number of piperidine rings is 1. The summed E-state index contributed by atoms with van der Waals surface area (Å²) in [7, 11) is 0. The second-order valence-electron chi connectivity index (χ2n) is 6.92. The lowest BCUT2D eigenvalue weighted by Crippen LogP contribution is -2.40. The fraction of sp³-hybridized carbons (Fsp3) is 0.556. The van der Waals surface area contributed by atoms with Crippen LogP contribution in [0.5, 0.6) is 0 Å². The van der Waals surface area contributed by atoms with Crippen LogP contribution in [0.25, 0.3) is 0 Å². The first-order valence-corrected chi connectivity index (χ1v) is 8.87. The zero-order valence-electron chi connectivity index (χ0n) is 13.8. The quantitative estimate of drug-likeness (QED) is 0.846. The van der Waals surface area contributed by atoms with Gasteiger partial charge in [0, 0.05) is 25.5 Å². The number of aromatic nitrogens is 4. The second kappa shape index (κ2) is 6.71. The molecule has 1 amide bonds. The largest absolute Gasteiger partial charge is 0.332 e. The van der Waals surface area contributed by atoms with E-state index < -0.39 is 0 Å². The van der Waals surface area contributed by atoms with Gasteiger partial charge in [-0.05, 0) is 49.7 Å². The molecule has 2 aromatic rings. The second-order valence-corrected chi connectivity index (χ2v) is 6.92. The van der Waals surface area contributed by atoms with Crippen molar-refractivity contribution in [3.8, 4) is 0 Å². The molecule has 24 heavy (non-hydrogen) atoms. The summed E-state index contributed by atoms with van der Waals surface area (Å²) in [6.45, 7) is 1.80. The van der Waals surface area contributed by atoms with Crippen LogP contribution < -0.4 is 0 Å². The van der Waals surface area contributed by atoms with E-state index in [1.54, 1.807) is 12.4 Å². The molecule has 4 rings (SSSR count). The molecule has 1 saturated heterocycles. The molecule has 1 aliphatic carbocycles. The Morgan fingerprint density at radius 2 is 2.17 bits per heavy atom. The summed E-state index contributed by atoms with van der Waals surface area (Å²) in [6, 6.07) is 3.89. The van der Waals surface area contributed by atoms with Gasteiger partial charge in [-0.15, -0.1) is 10.2 Å². The van der Waals surface area contributed by atoms with Gasteiger partial charge in [0.05, 0.1) is 12.5 Å². The van der Waals surface area contributed by atoms with Gasteiger partial charge in [-0.2, -0.15) is 0 Å². The van der Waals surface area contributed by atoms with Crippen LogP contribution in [0, 0.1) is 5.92 Å². The highest BCUT2D eigenvalue weighted by Crippen LogP contribution is 2.34. The molecule has 1 aliphatic heterocycles. The van der Waals surface area contributed by atoms with Crippen LogP contribution in [-0.2, 0) is 17.8 Å². The predicted molar refractivity (Wildman–Crippen MR) is 89.0 cm³/mol. The van der Waals surface area contributed by atoms with Crippen molar-refractivity contribution in [3.63, 3.8) is 0 Å². The van der Waals surface area contributed by atoms with Gasteiger partial charge >= 0.3 is 0 Å². The number of carbonyl (C=O) groups excluding carboxylic acids is 1. The van der Waals surface area contributed by atoms with Gasteiger partial charge in [-0.3, -0.25) is 9.78 Å². The molecule has 0 radical (unpaired) electrons. The van der Waals surface area contributed by atoms with E-state index in [-0.39, 0.29) is 11.9 Å². The van der Waals surface area contributed by atoms with Crippen LogP contribution in [-0.4, -0.2) is 37.1 Å². The van der Waals surface area contributed by atoms with Crippen LogP contribution >= 0.6 is 0 Å². The third kappa shape index (κ3) is 3.32. The Hall–Kier alpha value is -2.24. The van der Waals surface area contributed by atoms with Gasteiger partial charge in [-0.25, -0.2) is 0 Å². The number of amides is 1. The fourth-order valence-electron chi connectivity index (χ4n) is 3.52. The number of hydrogen-bond donors (Lipinski definition) is 0. The SMILES string of the molecule is O=C(Cc1cccnc1)N1CCCC[C@H]1c1nncn1CC1CC1. The summed E-state index contributed by atoms with van der Waals surface area (Å²) in [5.74, 6) is 1.89. The van der Waals surface area contributed by atoms with Crippen molar-refractivity contribution in [1.82, 2.24) is 24.6 Å². The Bertz CT molecular complexity index is 694. The highest BCUT2D eigenvalue weighted by atomic mass is 16.2. The van der Waals surface area contributed by atoms with Crippen LogP contribution in [0.15, 0.2) is 30.9 Å². The minimum atomic E-state index is 0.0594. The lowest BCUT2D eigenvalue weighted by Gasteiger charge is -2.35. The maximum Gasteiger partial charge on any atom is 0.227 e. The van der Waals surface area contributed by atoms with Gasteiger partial charge in [0.15, 0.2) is 5.82 Å². The molecule has 2 aliphatic rings. The van der Waals surface area contributed by atoms with Gasteiger partial charge in [0.1, 0.15) is 6.33 Å². The normalized spacial score (nSPS) is 21.0. The van der Waals surface area contributed by atoms with Crippen molar-refractivity contribution >= 4 is 5.91 Å². The van der Waals surface area contributed by atoms with Crippen molar-refractivity contribution < 1.29 is 4.79 Å². The number of likely N-dealkylation sites (tertiary alicyclic amines) is 1. The van der Waals surface area contributed by atoms with Gasteiger partial charge < -0.3 is 9.47 Å². The molecule has 3 heterocycles. The maximum absolute atomic E-state index is 12.9. The molecule has 2 fully saturated rings. The first-order chi connectivity index (χ1) is 11.8. The van der Waals surface area contributed by atoms with E-state index in [2.05, 4.69) is 19.7 Å². The van der Waals surface area contributed by atoms with Crippen molar-refractivity contribution in [2.24, 2.45) is 5.92 Å². The molecule has 1 atom stereocenters. The molecule has 0 unspecified atom stereocenters. The molecule has 0 aromatic carbocycles. The maximum atomic E-state index is 12.9. The smallest absolute Gasteiger partial charge is 0.227 e. The average molecular weight is 325 g/mol. The summed E-state index contributed by atoms with van der Waals surface area (Å²) in [6.07, 6.45) is 11.5. The number of hydrogen-bond acceptors (Lipinski definition) is 4. The fourth-order valence-corrected chi connectivity index (χ4v) is 3.52. The number of pyridine rings is 1. The summed E-state index contributed by atoms with van der Waals surface area (Å²) < 4.78 is 2.16. The van der Waals surface area contributed by atoms with Gasteiger partial charge in [-0.1, -0.05) is 6.07 Å². The molecule has 1 saturated carbocycles. The first kappa shape index (κ1) is 15.3. The van der Waals surface area contributed by atoms with Crippen molar-refractivity contribution in [1.29, 1.82) is 0 Å². The summed E-state index contributed by atoms with van der Waals surface area (Å²) in [5.41, 5.74) is 0.964. The molecular weight excluding hydrogens is 302 g/mol. The molecule has 0 spiro atoms. The minimum absolute atomic E-state index is 0.0594. The molecule has 6 nitrogen and oxygen atoms in total. The lowest BCUT2D eigenvalue weighted by molar-refractivity contribution is -0.134. The monoisotopic (exact) mass is 325 g/mol. The van der Waals surface area contributed by atoms with Gasteiger partial charge in [0.2, 0.25) is 5.91 Å². The number of nitrogens with zero attached hydrogens (tertiary/aromatic N) is 5. The Kier molecular flexibility index (Phi) is 4.28. The topological polar surface area (TPSA) is 63.9 Å². The Labute approximate surface area is 141 Å². The first-order valence-electron chi connectivity index (χ1n) is 8.87. The third-order valence-corrected chi connectivity index (χ3v) is 5.00. The van der Waals surface area contributed by atoms with E-state index in [9.17, 15) is 4.79 Å². The van der Waals surface area contributed by atoms with Crippen molar-refractivity contribution in [2.75, 3.05) is 6.54 Å². The number of rotatable bonds is 5. The third-order valence-electron chi connectivity index (χ3n) is 5.00. The molecule has 6 heteroatoms. The zero-order chi connectivity index (χ0) is 16.4. The minimum Gasteiger partial charge on any atom is -0.332 e. The molecule has 126 valence electrons. The van der Waals surface area contributed by atoms with E-state index in [4.69, 9.17) is 0 Å². The van der Waals surface area contributed by atoms with E-state index in [0.717, 1.165) is 49.7 Å². The number of carbonyl (C=O) groups is 1. The summed E-state index contributed by atoms with van der Waals surface area (Å²) >= 11 is 0. The Balaban J connectivity index is 1.52. The molecular formula is C18H23N5O. The van der Waals surface area contributed by atoms with Crippen molar-refractivity contribution in [3.05, 3.63) is 42.2 Å². The average Bonchev–Trinajstić information content (AvgIpc) is 3.31. The van der Waals surface area contributed by atoms with E-state index in [0.29, 0.717) is 6.42 Å². The molecule has 0 bridgehead atoms. The predicted octanol–water partition coefficient (Wildman–Crippen LogP) is 2.38. The highest BCUT2D eigenvalue weighted by molar-refractivity contribution is 5.79.